The first-order chi connectivity index (χ1) is 20.6. The van der Waals surface area contributed by atoms with Crippen molar-refractivity contribution in [3.8, 4) is 0 Å². The molecule has 3 aliphatic heterocycles. The molecule has 3 amide bonds. The van der Waals surface area contributed by atoms with Gasteiger partial charge in [0.25, 0.3) is 11.8 Å². The van der Waals surface area contributed by atoms with Gasteiger partial charge in [-0.15, -0.1) is 0 Å². The van der Waals surface area contributed by atoms with E-state index in [9.17, 15) is 27.6 Å². The fourth-order valence-corrected chi connectivity index (χ4v) is 6.36. The van der Waals surface area contributed by atoms with Crippen molar-refractivity contribution in [3.05, 3.63) is 65.2 Å². The number of carbonyl (C=O) groups excluding carboxylic acids is 3. The van der Waals surface area contributed by atoms with Crippen LogP contribution in [0.2, 0.25) is 0 Å². The average molecular weight is 602 g/mol. The molecule has 1 unspecified atom stereocenters. The summed E-state index contributed by atoms with van der Waals surface area (Å²) in [6.07, 6.45) is -1.10. The maximum Gasteiger partial charge on any atom is 0.416 e. The Morgan fingerprint density at radius 2 is 1.74 bits per heavy atom. The zero-order valence-corrected chi connectivity index (χ0v) is 24.0. The summed E-state index contributed by atoms with van der Waals surface area (Å²) in [6, 6.07) is 11.9. The molecule has 3 fully saturated rings. The highest BCUT2D eigenvalue weighted by atomic mass is 19.4. The third-order valence-electron chi connectivity index (χ3n) is 8.73. The fraction of sp³-hybridized carbons (Fsp3) is 0.516. The second kappa shape index (κ2) is 13.3. The number of hydrogen-bond donors (Lipinski definition) is 3. The molecule has 0 bridgehead atoms. The minimum atomic E-state index is -4.56. The second-order valence-electron chi connectivity index (χ2n) is 11.5. The Bertz CT molecular complexity index is 1290. The van der Waals surface area contributed by atoms with Crippen LogP contribution in [0.1, 0.15) is 52.0 Å². The smallest absolute Gasteiger partial charge is 0.378 e. The number of benzene rings is 2. The van der Waals surface area contributed by atoms with Gasteiger partial charge in [-0.1, -0.05) is 6.07 Å². The van der Waals surface area contributed by atoms with Crippen molar-refractivity contribution < 1.29 is 32.3 Å². The van der Waals surface area contributed by atoms with Crippen LogP contribution < -0.4 is 20.9 Å². The van der Waals surface area contributed by atoms with Crippen LogP contribution in [0.25, 0.3) is 0 Å². The summed E-state index contributed by atoms with van der Waals surface area (Å²) in [5.74, 6) is -0.880. The van der Waals surface area contributed by atoms with E-state index >= 15 is 0 Å². The highest BCUT2D eigenvalue weighted by Gasteiger charge is 2.43. The zero-order chi connectivity index (χ0) is 30.5. The Labute approximate surface area is 249 Å². The SMILES string of the molecule is O=C(CNC(=O)c1cccc(C(F)(F)F)c1)N[C@@]1(C2CCCN(c3ccc(C(=O)N4CCOCC4)cc3)CC2)CCNC1. The van der Waals surface area contributed by atoms with Gasteiger partial charge in [0, 0.05) is 49.5 Å². The molecule has 0 saturated carbocycles. The van der Waals surface area contributed by atoms with Crippen molar-refractivity contribution in [1.82, 2.24) is 20.9 Å². The molecule has 3 heterocycles. The summed E-state index contributed by atoms with van der Waals surface area (Å²) >= 11 is 0. The highest BCUT2D eigenvalue weighted by molar-refractivity contribution is 5.96. The Morgan fingerprint density at radius 1 is 0.977 bits per heavy atom. The number of alkyl halides is 3. The Balaban J connectivity index is 1.16. The first-order valence-corrected chi connectivity index (χ1v) is 14.8. The van der Waals surface area contributed by atoms with Crippen LogP contribution in [0.15, 0.2) is 48.5 Å². The molecule has 5 rings (SSSR count). The molecule has 0 spiro atoms. The second-order valence-corrected chi connectivity index (χ2v) is 11.5. The molecule has 2 atom stereocenters. The van der Waals surface area contributed by atoms with Gasteiger partial charge in [0.05, 0.1) is 30.9 Å². The number of nitrogens with one attached hydrogen (secondary N) is 3. The Kier molecular flexibility index (Phi) is 9.55. The number of halogens is 3. The molecule has 43 heavy (non-hydrogen) atoms. The Hall–Kier alpha value is -3.64. The lowest BCUT2D eigenvalue weighted by atomic mass is 9.78. The van der Waals surface area contributed by atoms with Crippen LogP contribution in [-0.4, -0.2) is 87.2 Å². The summed E-state index contributed by atoms with van der Waals surface area (Å²) in [7, 11) is 0. The summed E-state index contributed by atoms with van der Waals surface area (Å²) in [5.41, 5.74) is 0.182. The molecule has 0 aliphatic carbocycles. The van der Waals surface area contributed by atoms with Crippen molar-refractivity contribution in [3.63, 3.8) is 0 Å². The molecular weight excluding hydrogens is 563 g/mol. The minimum Gasteiger partial charge on any atom is -0.378 e. The van der Waals surface area contributed by atoms with E-state index in [1.165, 1.54) is 12.1 Å². The summed E-state index contributed by atoms with van der Waals surface area (Å²) in [4.78, 5) is 42.4. The molecule has 3 N–H and O–H groups in total. The molecule has 12 heteroatoms. The Morgan fingerprint density at radius 3 is 2.44 bits per heavy atom. The molecule has 0 aromatic heterocycles. The van der Waals surface area contributed by atoms with E-state index in [2.05, 4.69) is 20.9 Å². The van der Waals surface area contributed by atoms with E-state index in [4.69, 9.17) is 4.74 Å². The molecule has 2 aromatic carbocycles. The van der Waals surface area contributed by atoms with Crippen molar-refractivity contribution in [1.29, 1.82) is 0 Å². The van der Waals surface area contributed by atoms with Crippen LogP contribution in [-0.2, 0) is 15.7 Å². The molecule has 3 aliphatic rings. The first kappa shape index (κ1) is 30.8. The number of carbonyl (C=O) groups is 3. The third kappa shape index (κ3) is 7.48. The number of amides is 3. The van der Waals surface area contributed by atoms with Gasteiger partial charge in [0.15, 0.2) is 0 Å². The fourth-order valence-electron chi connectivity index (χ4n) is 6.36. The van der Waals surface area contributed by atoms with Gasteiger partial charge in [-0.3, -0.25) is 14.4 Å². The van der Waals surface area contributed by atoms with E-state index in [0.29, 0.717) is 38.4 Å². The highest BCUT2D eigenvalue weighted by Crippen LogP contribution is 2.34. The topological polar surface area (TPSA) is 103 Å². The molecule has 3 saturated heterocycles. The molecule has 232 valence electrons. The zero-order valence-electron chi connectivity index (χ0n) is 24.0. The number of anilines is 1. The standard InChI is InChI=1S/C31H38F3N5O4/c32-31(33,34)25-4-1-3-23(19-25)28(41)36-20-27(40)37-30(11-12-35-21-30)24-5-2-13-38(14-10-24)26-8-6-22(7-9-26)29(42)39-15-17-43-18-16-39/h1,3-4,6-9,19,24,35H,2,5,10-18,20-21H2,(H,36,41)(H,37,40)/t24?,30-/m0/s1. The largest absolute Gasteiger partial charge is 0.416 e. The van der Waals surface area contributed by atoms with Gasteiger partial charge in [-0.05, 0) is 80.6 Å². The van der Waals surface area contributed by atoms with E-state index in [0.717, 1.165) is 63.1 Å². The average Bonchev–Trinajstić information content (AvgIpc) is 3.34. The third-order valence-corrected chi connectivity index (χ3v) is 8.73. The maximum absolute atomic E-state index is 13.0. The van der Waals surface area contributed by atoms with Crippen LogP contribution in [0.3, 0.4) is 0 Å². The van der Waals surface area contributed by atoms with Crippen LogP contribution >= 0.6 is 0 Å². The van der Waals surface area contributed by atoms with Crippen molar-refractivity contribution in [2.75, 3.05) is 63.9 Å². The van der Waals surface area contributed by atoms with Crippen LogP contribution in [0.4, 0.5) is 18.9 Å². The van der Waals surface area contributed by atoms with Gasteiger partial charge < -0.3 is 30.5 Å². The molecule has 9 nitrogen and oxygen atoms in total. The normalized spacial score (nSPS) is 23.0. The maximum atomic E-state index is 13.0. The van der Waals surface area contributed by atoms with Gasteiger partial charge in [-0.2, -0.15) is 13.2 Å². The van der Waals surface area contributed by atoms with Crippen molar-refractivity contribution in [2.24, 2.45) is 5.92 Å². The number of ether oxygens (including phenoxy) is 1. The number of rotatable bonds is 7. The van der Waals surface area contributed by atoms with Gasteiger partial charge >= 0.3 is 6.18 Å². The summed E-state index contributed by atoms with van der Waals surface area (Å²) in [5, 5.41) is 9.01. The number of hydrogen-bond acceptors (Lipinski definition) is 6. The minimum absolute atomic E-state index is 0.0169. The predicted octanol–water partition coefficient (Wildman–Crippen LogP) is 3.06. The monoisotopic (exact) mass is 601 g/mol. The van der Waals surface area contributed by atoms with E-state index in [1.54, 1.807) is 0 Å². The first-order valence-electron chi connectivity index (χ1n) is 14.8. The van der Waals surface area contributed by atoms with E-state index in [-0.39, 0.29) is 29.8 Å². The van der Waals surface area contributed by atoms with Crippen molar-refractivity contribution in [2.45, 2.75) is 37.4 Å². The van der Waals surface area contributed by atoms with Gasteiger partial charge in [0.2, 0.25) is 5.91 Å². The van der Waals surface area contributed by atoms with Gasteiger partial charge in [-0.25, -0.2) is 0 Å². The number of nitrogens with zero attached hydrogens (tertiary/aromatic N) is 2. The summed E-state index contributed by atoms with van der Waals surface area (Å²) in [6.45, 7) is 5.02. The lowest BCUT2D eigenvalue weighted by Gasteiger charge is -2.38. The lowest BCUT2D eigenvalue weighted by molar-refractivity contribution is -0.137. The van der Waals surface area contributed by atoms with E-state index in [1.807, 2.05) is 29.2 Å². The van der Waals surface area contributed by atoms with Gasteiger partial charge in [0.1, 0.15) is 0 Å². The molecular formula is C31H38F3N5O4. The van der Waals surface area contributed by atoms with E-state index < -0.39 is 23.2 Å². The predicted molar refractivity (Wildman–Crippen MR) is 155 cm³/mol. The molecule has 2 aromatic rings. The molecule has 0 radical (unpaired) electrons. The van der Waals surface area contributed by atoms with Crippen LogP contribution in [0, 0.1) is 5.92 Å². The number of morpholine rings is 1. The van der Waals surface area contributed by atoms with Crippen molar-refractivity contribution >= 4 is 23.4 Å². The quantitative estimate of drug-likeness (QED) is 0.451. The van der Waals surface area contributed by atoms with Crippen LogP contribution in [0.5, 0.6) is 0 Å². The lowest BCUT2D eigenvalue weighted by Crippen LogP contribution is -2.57. The summed E-state index contributed by atoms with van der Waals surface area (Å²) < 4.78 is 44.4.